The summed E-state index contributed by atoms with van der Waals surface area (Å²) in [7, 11) is 2.24. The van der Waals surface area contributed by atoms with E-state index < -0.39 is 0 Å². The van der Waals surface area contributed by atoms with Crippen LogP contribution in [0.25, 0.3) is 0 Å². The minimum absolute atomic E-state index is 0.702. The van der Waals surface area contributed by atoms with Gasteiger partial charge in [-0.15, -0.1) is 0 Å². The van der Waals surface area contributed by atoms with E-state index in [1.807, 2.05) is 0 Å². The molecular formula is C18H29N3. The molecule has 2 aliphatic rings. The SMILES string of the molecule is CC1CCN(c2ccc(NCC3CCCN3C)cc2)CC1. The molecule has 2 aliphatic heterocycles. The third-order valence-electron chi connectivity index (χ3n) is 5.23. The number of nitrogens with one attached hydrogen (secondary N) is 1. The van der Waals surface area contributed by atoms with Gasteiger partial charge in [0.05, 0.1) is 0 Å². The summed E-state index contributed by atoms with van der Waals surface area (Å²) in [6.07, 6.45) is 5.32. The molecule has 0 radical (unpaired) electrons. The minimum atomic E-state index is 0.702. The van der Waals surface area contributed by atoms with Crippen LogP contribution in [0.2, 0.25) is 0 Å². The molecule has 3 nitrogen and oxygen atoms in total. The Morgan fingerprint density at radius 2 is 1.76 bits per heavy atom. The van der Waals surface area contributed by atoms with Crippen LogP contribution in [0.5, 0.6) is 0 Å². The van der Waals surface area contributed by atoms with E-state index in [9.17, 15) is 0 Å². The monoisotopic (exact) mass is 287 g/mol. The molecule has 3 rings (SSSR count). The van der Waals surface area contributed by atoms with Gasteiger partial charge < -0.3 is 15.1 Å². The lowest BCUT2D eigenvalue weighted by Crippen LogP contribution is -2.32. The number of anilines is 2. The first-order valence-electron chi connectivity index (χ1n) is 8.51. The van der Waals surface area contributed by atoms with Crippen molar-refractivity contribution in [3.8, 4) is 0 Å². The molecule has 0 bridgehead atoms. The van der Waals surface area contributed by atoms with Crippen LogP contribution in [0.4, 0.5) is 11.4 Å². The van der Waals surface area contributed by atoms with Gasteiger partial charge in [-0.05, 0) is 69.5 Å². The van der Waals surface area contributed by atoms with Crippen molar-refractivity contribution in [1.82, 2.24) is 4.90 Å². The lowest BCUT2D eigenvalue weighted by molar-refractivity contribution is 0.322. The Balaban J connectivity index is 1.52. The molecule has 116 valence electrons. The highest BCUT2D eigenvalue weighted by atomic mass is 15.2. The van der Waals surface area contributed by atoms with Gasteiger partial charge >= 0.3 is 0 Å². The summed E-state index contributed by atoms with van der Waals surface area (Å²) in [5, 5.41) is 3.59. The molecule has 1 atom stereocenters. The second-order valence-electron chi connectivity index (χ2n) is 6.87. The van der Waals surface area contributed by atoms with E-state index in [1.54, 1.807) is 0 Å². The molecule has 1 unspecified atom stereocenters. The second-order valence-corrected chi connectivity index (χ2v) is 6.87. The highest BCUT2D eigenvalue weighted by molar-refractivity contribution is 5.55. The van der Waals surface area contributed by atoms with Crippen molar-refractivity contribution in [3.05, 3.63) is 24.3 Å². The number of piperidine rings is 1. The van der Waals surface area contributed by atoms with E-state index in [1.165, 1.54) is 56.7 Å². The molecule has 1 aromatic rings. The summed E-state index contributed by atoms with van der Waals surface area (Å²) in [4.78, 5) is 4.99. The number of hydrogen-bond donors (Lipinski definition) is 1. The number of likely N-dealkylation sites (N-methyl/N-ethyl adjacent to an activating group) is 1. The lowest BCUT2D eigenvalue weighted by Gasteiger charge is -2.32. The van der Waals surface area contributed by atoms with Gasteiger partial charge in [0.2, 0.25) is 0 Å². The average Bonchev–Trinajstić information content (AvgIpc) is 2.92. The first-order chi connectivity index (χ1) is 10.2. The maximum Gasteiger partial charge on any atom is 0.0367 e. The van der Waals surface area contributed by atoms with Crippen molar-refractivity contribution in [1.29, 1.82) is 0 Å². The second kappa shape index (κ2) is 6.69. The summed E-state index contributed by atoms with van der Waals surface area (Å²) >= 11 is 0. The quantitative estimate of drug-likeness (QED) is 0.915. The zero-order valence-electron chi connectivity index (χ0n) is 13.5. The van der Waals surface area contributed by atoms with E-state index in [2.05, 4.69) is 53.4 Å². The molecule has 2 heterocycles. The van der Waals surface area contributed by atoms with E-state index in [0.717, 1.165) is 12.5 Å². The van der Waals surface area contributed by atoms with Crippen LogP contribution in [0.1, 0.15) is 32.6 Å². The van der Waals surface area contributed by atoms with E-state index >= 15 is 0 Å². The highest BCUT2D eigenvalue weighted by Crippen LogP contribution is 2.24. The number of benzene rings is 1. The van der Waals surface area contributed by atoms with Gasteiger partial charge in [0.25, 0.3) is 0 Å². The Morgan fingerprint density at radius 3 is 2.38 bits per heavy atom. The molecular weight excluding hydrogens is 258 g/mol. The lowest BCUT2D eigenvalue weighted by atomic mass is 9.99. The van der Waals surface area contributed by atoms with Crippen LogP contribution >= 0.6 is 0 Å². The summed E-state index contributed by atoms with van der Waals surface area (Å²) in [5.74, 6) is 0.894. The molecule has 2 saturated heterocycles. The predicted molar refractivity (Wildman–Crippen MR) is 91.2 cm³/mol. The molecule has 1 aromatic carbocycles. The molecule has 0 aliphatic carbocycles. The molecule has 0 spiro atoms. The van der Waals surface area contributed by atoms with Crippen molar-refractivity contribution in [2.24, 2.45) is 5.92 Å². The number of hydrogen-bond acceptors (Lipinski definition) is 3. The Bertz CT molecular complexity index is 434. The molecule has 3 heteroatoms. The maximum absolute atomic E-state index is 3.59. The normalized spacial score (nSPS) is 24.5. The molecule has 0 aromatic heterocycles. The molecule has 1 N–H and O–H groups in total. The van der Waals surface area contributed by atoms with Gasteiger partial charge in [-0.1, -0.05) is 6.92 Å². The Labute approximate surface area is 129 Å². The van der Waals surface area contributed by atoms with Crippen LogP contribution in [0, 0.1) is 5.92 Å². The Morgan fingerprint density at radius 1 is 1.05 bits per heavy atom. The number of nitrogens with zero attached hydrogens (tertiary/aromatic N) is 2. The van der Waals surface area contributed by atoms with E-state index in [0.29, 0.717) is 6.04 Å². The van der Waals surface area contributed by atoms with E-state index in [-0.39, 0.29) is 0 Å². The first kappa shape index (κ1) is 14.7. The third-order valence-corrected chi connectivity index (χ3v) is 5.23. The van der Waals surface area contributed by atoms with Crippen molar-refractivity contribution >= 4 is 11.4 Å². The first-order valence-corrected chi connectivity index (χ1v) is 8.51. The average molecular weight is 287 g/mol. The molecule has 0 saturated carbocycles. The van der Waals surface area contributed by atoms with Crippen LogP contribution in [-0.4, -0.2) is 44.2 Å². The Kier molecular flexibility index (Phi) is 4.69. The zero-order valence-corrected chi connectivity index (χ0v) is 13.5. The predicted octanol–water partition coefficient (Wildman–Crippen LogP) is 3.43. The standard InChI is InChI=1S/C18H29N3/c1-15-9-12-21(13-10-15)17-7-5-16(6-8-17)19-14-18-4-3-11-20(18)2/h5-8,15,18-19H,3-4,9-14H2,1-2H3. The van der Waals surface area contributed by atoms with Crippen LogP contribution in [0.15, 0.2) is 24.3 Å². The van der Waals surface area contributed by atoms with Crippen molar-refractivity contribution in [3.63, 3.8) is 0 Å². The fourth-order valence-corrected chi connectivity index (χ4v) is 3.53. The van der Waals surface area contributed by atoms with Crippen LogP contribution < -0.4 is 10.2 Å². The minimum Gasteiger partial charge on any atom is -0.383 e. The van der Waals surface area contributed by atoms with Gasteiger partial charge in [-0.3, -0.25) is 0 Å². The van der Waals surface area contributed by atoms with Crippen molar-refractivity contribution in [2.75, 3.05) is 43.4 Å². The van der Waals surface area contributed by atoms with Gasteiger partial charge in [0.15, 0.2) is 0 Å². The van der Waals surface area contributed by atoms with E-state index in [4.69, 9.17) is 0 Å². The summed E-state index contributed by atoms with van der Waals surface area (Å²) in [6.45, 7) is 7.10. The maximum atomic E-state index is 3.59. The number of rotatable bonds is 4. The fourth-order valence-electron chi connectivity index (χ4n) is 3.53. The summed E-state index contributed by atoms with van der Waals surface area (Å²) in [5.41, 5.74) is 2.63. The summed E-state index contributed by atoms with van der Waals surface area (Å²) < 4.78 is 0. The summed E-state index contributed by atoms with van der Waals surface area (Å²) in [6, 6.07) is 9.73. The largest absolute Gasteiger partial charge is 0.383 e. The van der Waals surface area contributed by atoms with Gasteiger partial charge in [-0.2, -0.15) is 0 Å². The van der Waals surface area contributed by atoms with Crippen molar-refractivity contribution in [2.45, 2.75) is 38.6 Å². The van der Waals surface area contributed by atoms with Gasteiger partial charge in [-0.25, -0.2) is 0 Å². The Hall–Kier alpha value is -1.22. The fraction of sp³-hybridized carbons (Fsp3) is 0.667. The molecule has 0 amide bonds. The zero-order chi connectivity index (χ0) is 14.7. The molecule has 21 heavy (non-hydrogen) atoms. The van der Waals surface area contributed by atoms with Crippen LogP contribution in [-0.2, 0) is 0 Å². The van der Waals surface area contributed by atoms with Crippen molar-refractivity contribution < 1.29 is 0 Å². The topological polar surface area (TPSA) is 18.5 Å². The smallest absolute Gasteiger partial charge is 0.0367 e. The molecule has 2 fully saturated rings. The number of likely N-dealkylation sites (tertiary alicyclic amines) is 1. The highest BCUT2D eigenvalue weighted by Gasteiger charge is 2.20. The van der Waals surface area contributed by atoms with Gasteiger partial charge in [0.1, 0.15) is 0 Å². The third kappa shape index (κ3) is 3.70. The van der Waals surface area contributed by atoms with Crippen LogP contribution in [0.3, 0.4) is 0 Å². The van der Waals surface area contributed by atoms with Gasteiger partial charge in [0, 0.05) is 37.1 Å².